The summed E-state index contributed by atoms with van der Waals surface area (Å²) in [6.07, 6.45) is -5.65. The molecule has 5 nitrogen and oxygen atoms in total. The van der Waals surface area contributed by atoms with Crippen molar-refractivity contribution >= 4 is 25.8 Å². The maximum atomic E-state index is 13.5. The number of hydrogen-bond acceptors (Lipinski definition) is 4. The Morgan fingerprint density at radius 2 is 1.92 bits per heavy atom. The molecular formula is C15H17ClF3NO4S. The molecule has 1 aliphatic heterocycles. The van der Waals surface area contributed by atoms with E-state index >= 15 is 0 Å². The Hall–Kier alpha value is -1.48. The van der Waals surface area contributed by atoms with Crippen molar-refractivity contribution in [1.29, 1.82) is 0 Å². The van der Waals surface area contributed by atoms with E-state index in [0.29, 0.717) is 10.5 Å². The van der Waals surface area contributed by atoms with Gasteiger partial charge >= 0.3 is 12.3 Å². The SMILES string of the molecule is O=C(OCc1ccccc1)N1CCCC(CS(=O)(=O)Cl)C1C(F)(F)F. The highest BCUT2D eigenvalue weighted by molar-refractivity contribution is 8.13. The molecule has 0 aromatic heterocycles. The van der Waals surface area contributed by atoms with Crippen LogP contribution in [0.15, 0.2) is 30.3 Å². The summed E-state index contributed by atoms with van der Waals surface area (Å²) in [6.45, 7) is -0.324. The van der Waals surface area contributed by atoms with Gasteiger partial charge in [0.05, 0.1) is 5.75 Å². The molecule has 25 heavy (non-hydrogen) atoms. The molecule has 0 saturated carbocycles. The summed E-state index contributed by atoms with van der Waals surface area (Å²) in [4.78, 5) is 12.7. The molecule has 1 fully saturated rings. The Labute approximate surface area is 148 Å². The minimum absolute atomic E-state index is 0.0125. The molecule has 2 rings (SSSR count). The fraction of sp³-hybridized carbons (Fsp3) is 0.533. The number of piperidine rings is 1. The topological polar surface area (TPSA) is 63.7 Å². The summed E-state index contributed by atoms with van der Waals surface area (Å²) in [5, 5.41) is 0. The zero-order valence-electron chi connectivity index (χ0n) is 13.1. The monoisotopic (exact) mass is 399 g/mol. The third-order valence-corrected chi connectivity index (χ3v) is 5.15. The van der Waals surface area contributed by atoms with Crippen LogP contribution in [-0.2, 0) is 20.4 Å². The average Bonchev–Trinajstić information content (AvgIpc) is 2.50. The quantitative estimate of drug-likeness (QED) is 0.726. The number of carbonyl (C=O) groups is 1. The molecule has 0 bridgehead atoms. The third-order valence-electron chi connectivity index (χ3n) is 3.94. The molecule has 2 unspecified atom stereocenters. The van der Waals surface area contributed by atoms with Crippen LogP contribution >= 0.6 is 10.7 Å². The Kier molecular flexibility index (Phi) is 6.21. The second-order valence-corrected chi connectivity index (χ2v) is 8.65. The summed E-state index contributed by atoms with van der Waals surface area (Å²) in [6, 6.07) is 6.29. The summed E-state index contributed by atoms with van der Waals surface area (Å²) in [7, 11) is 0.993. The lowest BCUT2D eigenvalue weighted by Gasteiger charge is -2.40. The van der Waals surface area contributed by atoms with Crippen LogP contribution in [0, 0.1) is 5.92 Å². The second-order valence-electron chi connectivity index (χ2n) is 5.83. The Morgan fingerprint density at radius 3 is 2.48 bits per heavy atom. The van der Waals surface area contributed by atoms with Crippen LogP contribution in [0.25, 0.3) is 0 Å². The van der Waals surface area contributed by atoms with Gasteiger partial charge < -0.3 is 4.74 Å². The molecule has 1 aliphatic rings. The molecule has 10 heteroatoms. The van der Waals surface area contributed by atoms with Gasteiger partial charge in [-0.1, -0.05) is 30.3 Å². The molecule has 1 amide bonds. The molecule has 1 aromatic carbocycles. The third kappa shape index (κ3) is 5.78. The van der Waals surface area contributed by atoms with Crippen LogP contribution in [0.3, 0.4) is 0 Å². The van der Waals surface area contributed by atoms with Gasteiger partial charge in [0.1, 0.15) is 12.6 Å². The van der Waals surface area contributed by atoms with E-state index in [-0.39, 0.29) is 26.0 Å². The first-order valence-electron chi connectivity index (χ1n) is 7.54. The van der Waals surface area contributed by atoms with Gasteiger partial charge in [-0.3, -0.25) is 4.90 Å². The lowest BCUT2D eigenvalue weighted by atomic mass is 9.90. The number of nitrogens with zero attached hydrogens (tertiary/aromatic N) is 1. The van der Waals surface area contributed by atoms with Crippen LogP contribution in [0.4, 0.5) is 18.0 Å². The van der Waals surface area contributed by atoms with Gasteiger partial charge in [-0.15, -0.1) is 0 Å². The molecule has 1 heterocycles. The van der Waals surface area contributed by atoms with Crippen LogP contribution in [0.1, 0.15) is 18.4 Å². The van der Waals surface area contributed by atoms with Crippen molar-refractivity contribution in [3.05, 3.63) is 35.9 Å². The minimum atomic E-state index is -4.78. The second kappa shape index (κ2) is 7.82. The molecule has 0 N–H and O–H groups in total. The smallest absolute Gasteiger partial charge is 0.410 e. The molecule has 2 atom stereocenters. The summed E-state index contributed by atoms with van der Waals surface area (Å²) >= 11 is 0. The number of halogens is 4. The fourth-order valence-corrected chi connectivity index (χ4v) is 4.30. The van der Waals surface area contributed by atoms with Gasteiger partial charge in [-0.05, 0) is 18.4 Å². The van der Waals surface area contributed by atoms with Crippen molar-refractivity contribution in [2.45, 2.75) is 31.7 Å². The van der Waals surface area contributed by atoms with Crippen LogP contribution < -0.4 is 0 Å². The van der Waals surface area contributed by atoms with E-state index in [2.05, 4.69) is 0 Å². The lowest BCUT2D eigenvalue weighted by Crippen LogP contribution is -2.57. The molecular weight excluding hydrogens is 383 g/mol. The molecule has 0 spiro atoms. The van der Waals surface area contributed by atoms with E-state index in [9.17, 15) is 26.4 Å². The highest BCUT2D eigenvalue weighted by Crippen LogP contribution is 2.37. The maximum Gasteiger partial charge on any atom is 0.410 e. The molecule has 0 aliphatic carbocycles. The molecule has 1 saturated heterocycles. The number of amides is 1. The van der Waals surface area contributed by atoms with Crippen LogP contribution in [0.5, 0.6) is 0 Å². The number of benzene rings is 1. The van der Waals surface area contributed by atoms with E-state index in [1.165, 1.54) is 0 Å². The molecule has 0 radical (unpaired) electrons. The van der Waals surface area contributed by atoms with Crippen LogP contribution in [-0.4, -0.2) is 43.9 Å². The standard InChI is InChI=1S/C15H17ClF3NO4S/c16-25(22,23)10-12-7-4-8-20(13(12)15(17,18)19)14(21)24-9-11-5-2-1-3-6-11/h1-3,5-6,12-13H,4,7-10H2. The first-order chi connectivity index (χ1) is 11.6. The fourth-order valence-electron chi connectivity index (χ4n) is 2.96. The molecule has 140 valence electrons. The van der Waals surface area contributed by atoms with Crippen molar-refractivity contribution in [3.63, 3.8) is 0 Å². The van der Waals surface area contributed by atoms with E-state index in [0.717, 1.165) is 0 Å². The van der Waals surface area contributed by atoms with E-state index in [4.69, 9.17) is 15.4 Å². The maximum absolute atomic E-state index is 13.5. The first kappa shape index (κ1) is 19.8. The number of hydrogen-bond donors (Lipinski definition) is 0. The van der Waals surface area contributed by atoms with Crippen molar-refractivity contribution in [2.75, 3.05) is 12.3 Å². The van der Waals surface area contributed by atoms with Crippen molar-refractivity contribution < 1.29 is 31.1 Å². The number of likely N-dealkylation sites (tertiary alicyclic amines) is 1. The predicted octanol–water partition coefficient (Wildman–Crippen LogP) is 3.53. The summed E-state index contributed by atoms with van der Waals surface area (Å²) < 4.78 is 67.8. The Bertz CT molecular complexity index is 696. The highest BCUT2D eigenvalue weighted by Gasteiger charge is 2.52. The van der Waals surface area contributed by atoms with Gasteiger partial charge in [-0.25, -0.2) is 13.2 Å². The largest absolute Gasteiger partial charge is 0.445 e. The van der Waals surface area contributed by atoms with E-state index < -0.39 is 39.0 Å². The van der Waals surface area contributed by atoms with E-state index in [1.807, 2.05) is 0 Å². The highest BCUT2D eigenvalue weighted by atomic mass is 35.7. The number of alkyl halides is 3. The summed E-state index contributed by atoms with van der Waals surface area (Å²) in [5.41, 5.74) is 0.635. The van der Waals surface area contributed by atoms with Crippen LogP contribution in [0.2, 0.25) is 0 Å². The lowest BCUT2D eigenvalue weighted by molar-refractivity contribution is -0.197. The number of ether oxygens (including phenoxy) is 1. The number of carbonyl (C=O) groups excluding carboxylic acids is 1. The van der Waals surface area contributed by atoms with Gasteiger partial charge in [0.25, 0.3) is 0 Å². The van der Waals surface area contributed by atoms with Gasteiger partial charge in [0.2, 0.25) is 9.05 Å². The Balaban J connectivity index is 2.14. The zero-order valence-corrected chi connectivity index (χ0v) is 14.6. The zero-order chi connectivity index (χ0) is 18.7. The Morgan fingerprint density at radius 1 is 1.28 bits per heavy atom. The average molecular weight is 400 g/mol. The predicted molar refractivity (Wildman–Crippen MR) is 85.5 cm³/mol. The van der Waals surface area contributed by atoms with Gasteiger partial charge in [0.15, 0.2) is 0 Å². The summed E-state index contributed by atoms with van der Waals surface area (Å²) in [5.74, 6) is -2.16. The van der Waals surface area contributed by atoms with Crippen molar-refractivity contribution in [1.82, 2.24) is 4.90 Å². The van der Waals surface area contributed by atoms with Gasteiger partial charge in [0, 0.05) is 23.1 Å². The normalized spacial score (nSPS) is 21.8. The van der Waals surface area contributed by atoms with Crippen molar-refractivity contribution in [3.8, 4) is 0 Å². The molecule has 1 aromatic rings. The van der Waals surface area contributed by atoms with E-state index in [1.54, 1.807) is 30.3 Å². The minimum Gasteiger partial charge on any atom is -0.445 e. The van der Waals surface area contributed by atoms with Crippen molar-refractivity contribution in [2.24, 2.45) is 5.92 Å². The number of rotatable bonds is 4. The first-order valence-corrected chi connectivity index (χ1v) is 10.0. The van der Waals surface area contributed by atoms with Gasteiger partial charge in [-0.2, -0.15) is 13.2 Å².